The zero-order valence-electron chi connectivity index (χ0n) is 14.8. The molecule has 3 aromatic rings. The van der Waals surface area contributed by atoms with E-state index in [-0.39, 0.29) is 16.7 Å². The first-order valence-corrected chi connectivity index (χ1v) is 11.5. The quantitative estimate of drug-likeness (QED) is 0.672. The van der Waals surface area contributed by atoms with Crippen molar-refractivity contribution < 1.29 is 13.2 Å². The molecular weight excluding hydrogens is 418 g/mol. The fraction of sp³-hybridized carbons (Fsp3) is 0.263. The van der Waals surface area contributed by atoms with Gasteiger partial charge in [-0.05, 0) is 43.2 Å². The van der Waals surface area contributed by atoms with Crippen LogP contribution in [0.2, 0.25) is 5.02 Å². The summed E-state index contributed by atoms with van der Waals surface area (Å²) in [4.78, 5) is 17.3. The number of amides is 1. The van der Waals surface area contributed by atoms with Crippen LogP contribution in [0.25, 0.3) is 10.2 Å². The third-order valence-electron chi connectivity index (χ3n) is 4.79. The predicted molar refractivity (Wildman–Crippen MR) is 111 cm³/mol. The Kier molecular flexibility index (Phi) is 5.37. The van der Waals surface area contributed by atoms with Gasteiger partial charge in [-0.25, -0.2) is 13.4 Å². The number of halogens is 1. The van der Waals surface area contributed by atoms with Crippen LogP contribution >= 0.6 is 22.9 Å². The summed E-state index contributed by atoms with van der Waals surface area (Å²) < 4.78 is 27.7. The van der Waals surface area contributed by atoms with Crippen molar-refractivity contribution in [1.82, 2.24) is 9.29 Å². The Hall–Kier alpha value is -2.00. The topological polar surface area (TPSA) is 79.4 Å². The third kappa shape index (κ3) is 3.91. The summed E-state index contributed by atoms with van der Waals surface area (Å²) in [7, 11) is -3.51. The normalized spacial score (nSPS) is 16.3. The van der Waals surface area contributed by atoms with E-state index in [2.05, 4.69) is 10.3 Å². The highest BCUT2D eigenvalue weighted by atomic mass is 35.5. The van der Waals surface area contributed by atoms with Crippen molar-refractivity contribution in [2.45, 2.75) is 17.7 Å². The molecule has 1 fully saturated rings. The van der Waals surface area contributed by atoms with Crippen molar-refractivity contribution in [2.24, 2.45) is 5.92 Å². The van der Waals surface area contributed by atoms with E-state index in [4.69, 9.17) is 11.6 Å². The summed E-state index contributed by atoms with van der Waals surface area (Å²) in [6.45, 7) is 0.648. The highest BCUT2D eigenvalue weighted by molar-refractivity contribution is 7.89. The first kappa shape index (κ1) is 19.3. The largest absolute Gasteiger partial charge is 0.302 e. The van der Waals surface area contributed by atoms with Crippen LogP contribution in [0.15, 0.2) is 53.4 Å². The average molecular weight is 436 g/mol. The van der Waals surface area contributed by atoms with Gasteiger partial charge in [0.05, 0.1) is 15.1 Å². The molecule has 1 amide bonds. The Morgan fingerprint density at radius 3 is 2.57 bits per heavy atom. The van der Waals surface area contributed by atoms with E-state index in [9.17, 15) is 13.2 Å². The maximum atomic E-state index is 12.7. The number of fused-ring (bicyclic) bond motifs is 1. The fourth-order valence-corrected chi connectivity index (χ4v) is 5.89. The molecule has 1 aliphatic rings. The molecule has 0 saturated carbocycles. The Morgan fingerprint density at radius 1 is 1.14 bits per heavy atom. The second-order valence-corrected chi connectivity index (χ2v) is 10.0. The van der Waals surface area contributed by atoms with E-state index in [0.717, 1.165) is 10.2 Å². The van der Waals surface area contributed by atoms with Gasteiger partial charge in [0, 0.05) is 24.0 Å². The zero-order chi connectivity index (χ0) is 19.7. The van der Waals surface area contributed by atoms with Crippen LogP contribution in [0.3, 0.4) is 0 Å². The second-order valence-electron chi connectivity index (χ2n) is 6.61. The van der Waals surface area contributed by atoms with E-state index < -0.39 is 10.0 Å². The molecule has 4 rings (SSSR count). The maximum Gasteiger partial charge on any atom is 0.243 e. The van der Waals surface area contributed by atoms with Crippen molar-refractivity contribution in [2.75, 3.05) is 18.4 Å². The number of rotatable bonds is 4. The van der Waals surface area contributed by atoms with Crippen molar-refractivity contribution in [3.8, 4) is 0 Å². The van der Waals surface area contributed by atoms with E-state index in [1.165, 1.54) is 15.6 Å². The monoisotopic (exact) mass is 435 g/mol. The van der Waals surface area contributed by atoms with Crippen molar-refractivity contribution in [3.05, 3.63) is 53.6 Å². The number of carbonyl (C=O) groups is 1. The average Bonchev–Trinajstić information content (AvgIpc) is 3.10. The molecule has 28 heavy (non-hydrogen) atoms. The third-order valence-corrected chi connectivity index (χ3v) is 7.87. The molecule has 9 heteroatoms. The van der Waals surface area contributed by atoms with Crippen molar-refractivity contribution >= 4 is 54.2 Å². The van der Waals surface area contributed by atoms with Gasteiger partial charge in [0.15, 0.2) is 5.13 Å². The maximum absolute atomic E-state index is 12.7. The first-order valence-electron chi connectivity index (χ1n) is 8.85. The van der Waals surface area contributed by atoms with Gasteiger partial charge < -0.3 is 5.32 Å². The molecule has 6 nitrogen and oxygen atoms in total. The molecule has 0 atom stereocenters. The number of nitrogens with zero attached hydrogens (tertiary/aromatic N) is 2. The summed E-state index contributed by atoms with van der Waals surface area (Å²) in [5, 5.41) is 4.02. The van der Waals surface area contributed by atoms with Crippen LogP contribution in [0.5, 0.6) is 0 Å². The van der Waals surface area contributed by atoms with Gasteiger partial charge in [0.2, 0.25) is 15.9 Å². The lowest BCUT2D eigenvalue weighted by molar-refractivity contribution is -0.120. The van der Waals surface area contributed by atoms with Gasteiger partial charge >= 0.3 is 0 Å². The zero-order valence-corrected chi connectivity index (χ0v) is 17.2. The number of anilines is 1. The van der Waals surface area contributed by atoms with Crippen LogP contribution in [0.1, 0.15) is 12.8 Å². The van der Waals surface area contributed by atoms with Gasteiger partial charge in [-0.2, -0.15) is 4.31 Å². The number of carbonyl (C=O) groups excluding carboxylic acids is 1. The van der Waals surface area contributed by atoms with E-state index >= 15 is 0 Å². The molecule has 0 radical (unpaired) electrons. The highest BCUT2D eigenvalue weighted by Crippen LogP contribution is 2.30. The Bertz CT molecular complexity index is 1110. The molecule has 146 valence electrons. The number of aromatic nitrogens is 1. The Labute approximate surface area is 172 Å². The smallest absolute Gasteiger partial charge is 0.243 e. The van der Waals surface area contributed by atoms with Crippen LogP contribution in [0.4, 0.5) is 5.13 Å². The van der Waals surface area contributed by atoms with Crippen LogP contribution < -0.4 is 5.32 Å². The Morgan fingerprint density at radius 2 is 1.86 bits per heavy atom. The lowest BCUT2D eigenvalue weighted by Crippen LogP contribution is -2.41. The summed E-state index contributed by atoms with van der Waals surface area (Å²) in [6, 6.07) is 13.8. The number of nitrogens with one attached hydrogen (secondary N) is 1. The highest BCUT2D eigenvalue weighted by Gasteiger charge is 2.32. The number of thiazole rings is 1. The van der Waals surface area contributed by atoms with Gasteiger partial charge in [-0.3, -0.25) is 4.79 Å². The molecule has 0 aliphatic carbocycles. The Balaban J connectivity index is 1.39. The molecule has 1 saturated heterocycles. The number of benzene rings is 2. The van der Waals surface area contributed by atoms with E-state index in [1.807, 2.05) is 12.1 Å². The SMILES string of the molecule is O=C(Nc1nc2ccc(Cl)cc2s1)C1CCN(S(=O)(=O)c2ccccc2)CC1. The lowest BCUT2D eigenvalue weighted by Gasteiger charge is -2.30. The minimum absolute atomic E-state index is 0.123. The standard InChI is InChI=1S/C19H18ClN3O3S2/c20-14-6-7-16-17(12-14)27-19(21-16)22-18(24)13-8-10-23(11-9-13)28(25,26)15-4-2-1-3-5-15/h1-7,12-13H,8-11H2,(H,21,22,24). The molecule has 0 unspecified atom stereocenters. The van der Waals surface area contributed by atoms with Crippen molar-refractivity contribution in [3.63, 3.8) is 0 Å². The lowest BCUT2D eigenvalue weighted by atomic mass is 9.97. The molecule has 0 bridgehead atoms. The number of piperidine rings is 1. The van der Waals surface area contributed by atoms with E-state index in [1.54, 1.807) is 36.4 Å². The first-order chi connectivity index (χ1) is 13.4. The van der Waals surface area contributed by atoms with Gasteiger partial charge in [0.25, 0.3) is 0 Å². The van der Waals surface area contributed by atoms with Crippen LogP contribution in [-0.4, -0.2) is 36.7 Å². The van der Waals surface area contributed by atoms with Crippen molar-refractivity contribution in [1.29, 1.82) is 0 Å². The summed E-state index contributed by atoms with van der Waals surface area (Å²) in [5.41, 5.74) is 0.786. The van der Waals surface area contributed by atoms with E-state index in [0.29, 0.717) is 36.1 Å². The molecule has 1 aliphatic heterocycles. The summed E-state index contributed by atoms with van der Waals surface area (Å²) in [5.74, 6) is -0.361. The van der Waals surface area contributed by atoms with Crippen LogP contribution in [-0.2, 0) is 14.8 Å². The molecule has 1 aromatic heterocycles. The summed E-state index contributed by atoms with van der Waals surface area (Å²) >= 11 is 7.36. The predicted octanol–water partition coefficient (Wildman–Crippen LogP) is 3.99. The fourth-order valence-electron chi connectivity index (χ4n) is 3.26. The molecule has 0 spiro atoms. The minimum Gasteiger partial charge on any atom is -0.302 e. The molecule has 2 aromatic carbocycles. The van der Waals surface area contributed by atoms with Crippen LogP contribution in [0, 0.1) is 5.92 Å². The second kappa shape index (κ2) is 7.79. The number of sulfonamides is 1. The number of hydrogen-bond acceptors (Lipinski definition) is 5. The van der Waals surface area contributed by atoms with Gasteiger partial charge in [0.1, 0.15) is 0 Å². The number of hydrogen-bond donors (Lipinski definition) is 1. The molecule has 2 heterocycles. The summed E-state index contributed by atoms with van der Waals surface area (Å²) in [6.07, 6.45) is 0.962. The van der Waals surface area contributed by atoms with Gasteiger partial charge in [-0.15, -0.1) is 0 Å². The minimum atomic E-state index is -3.51. The molecule has 1 N–H and O–H groups in total. The molecular formula is C19H18ClN3O3S2. The van der Waals surface area contributed by atoms with Gasteiger partial charge in [-0.1, -0.05) is 41.1 Å².